The van der Waals surface area contributed by atoms with E-state index in [4.69, 9.17) is 14.2 Å². The fraction of sp³-hybridized carbons (Fsp3) is 0.200. The Labute approximate surface area is 157 Å². The van der Waals surface area contributed by atoms with Gasteiger partial charge in [0, 0.05) is 18.1 Å². The molecular formula is C20H21N3O4. The molecule has 0 fully saturated rings. The van der Waals surface area contributed by atoms with Crippen molar-refractivity contribution < 1.29 is 19.0 Å². The van der Waals surface area contributed by atoms with Crippen molar-refractivity contribution in [3.8, 4) is 11.5 Å². The number of nitrogens with zero attached hydrogens (tertiary/aromatic N) is 2. The van der Waals surface area contributed by atoms with Gasteiger partial charge in [-0.3, -0.25) is 5.32 Å². The Morgan fingerprint density at radius 3 is 2.56 bits per heavy atom. The van der Waals surface area contributed by atoms with Crippen LogP contribution in [0.4, 0.5) is 10.5 Å². The molecule has 0 saturated carbocycles. The molecule has 7 heteroatoms. The molecule has 0 bridgehead atoms. The molecule has 3 rings (SSSR count). The highest BCUT2D eigenvalue weighted by molar-refractivity contribution is 5.84. The lowest BCUT2D eigenvalue weighted by Crippen LogP contribution is -2.31. The minimum absolute atomic E-state index is 0.220. The standard InChI is InChI=1S/C20H21N3O4/c1-25-17-9-7-16(8-10-17)22-20(24)27-19(13-23-12-11-21-15-23)14-26-18-5-3-2-4-6-18/h2-12,15,19H,13-14H2,1H3,(H,22,24). The normalized spacial score (nSPS) is 11.4. The quantitative estimate of drug-likeness (QED) is 0.659. The number of anilines is 1. The Morgan fingerprint density at radius 2 is 1.89 bits per heavy atom. The molecule has 3 aromatic rings. The predicted molar refractivity (Wildman–Crippen MR) is 101 cm³/mol. The van der Waals surface area contributed by atoms with Crippen LogP contribution in [-0.2, 0) is 11.3 Å². The van der Waals surface area contributed by atoms with Crippen LogP contribution in [0.1, 0.15) is 0 Å². The predicted octanol–water partition coefficient (Wildman–Crippen LogP) is 3.59. The van der Waals surface area contributed by atoms with E-state index < -0.39 is 12.2 Å². The molecule has 0 spiro atoms. The van der Waals surface area contributed by atoms with Gasteiger partial charge in [0.25, 0.3) is 0 Å². The van der Waals surface area contributed by atoms with E-state index >= 15 is 0 Å². The molecule has 1 aromatic heterocycles. The molecule has 1 heterocycles. The molecular weight excluding hydrogens is 346 g/mol. The van der Waals surface area contributed by atoms with Gasteiger partial charge in [0.15, 0.2) is 6.10 Å². The van der Waals surface area contributed by atoms with Gasteiger partial charge in [0.2, 0.25) is 0 Å². The Morgan fingerprint density at radius 1 is 1.11 bits per heavy atom. The number of rotatable bonds is 8. The van der Waals surface area contributed by atoms with E-state index in [0.29, 0.717) is 23.7 Å². The van der Waals surface area contributed by atoms with Crippen LogP contribution in [0.15, 0.2) is 73.3 Å². The van der Waals surface area contributed by atoms with Gasteiger partial charge in [-0.25, -0.2) is 9.78 Å². The Kier molecular flexibility index (Phi) is 6.30. The third-order valence-corrected chi connectivity index (χ3v) is 3.76. The van der Waals surface area contributed by atoms with Gasteiger partial charge in [0.05, 0.1) is 20.0 Å². The third kappa shape index (κ3) is 5.78. The fourth-order valence-corrected chi connectivity index (χ4v) is 2.43. The maximum absolute atomic E-state index is 12.3. The van der Waals surface area contributed by atoms with Crippen LogP contribution in [0.3, 0.4) is 0 Å². The average Bonchev–Trinajstić information content (AvgIpc) is 3.20. The first-order valence-corrected chi connectivity index (χ1v) is 8.48. The number of imidazole rings is 1. The highest BCUT2D eigenvalue weighted by Crippen LogP contribution is 2.16. The Bertz CT molecular complexity index is 820. The van der Waals surface area contributed by atoms with Gasteiger partial charge in [-0.05, 0) is 36.4 Å². The minimum Gasteiger partial charge on any atom is -0.497 e. The van der Waals surface area contributed by atoms with Crippen molar-refractivity contribution in [3.63, 3.8) is 0 Å². The summed E-state index contributed by atoms with van der Waals surface area (Å²) in [6.45, 7) is 0.654. The molecule has 1 amide bonds. The van der Waals surface area contributed by atoms with Crippen molar-refractivity contribution in [1.29, 1.82) is 0 Å². The monoisotopic (exact) mass is 367 g/mol. The van der Waals surface area contributed by atoms with E-state index in [1.165, 1.54) is 0 Å². The highest BCUT2D eigenvalue weighted by atomic mass is 16.6. The summed E-state index contributed by atoms with van der Waals surface area (Å²) in [6.07, 6.45) is 4.10. The first kappa shape index (κ1) is 18.3. The van der Waals surface area contributed by atoms with Crippen LogP contribution in [0.25, 0.3) is 0 Å². The van der Waals surface area contributed by atoms with Crippen LogP contribution in [-0.4, -0.2) is 35.5 Å². The number of hydrogen-bond donors (Lipinski definition) is 1. The summed E-state index contributed by atoms with van der Waals surface area (Å²) in [4.78, 5) is 16.3. The van der Waals surface area contributed by atoms with Crippen molar-refractivity contribution in [2.45, 2.75) is 12.6 Å². The lowest BCUT2D eigenvalue weighted by Gasteiger charge is -2.19. The average molecular weight is 367 g/mol. The zero-order valence-electron chi connectivity index (χ0n) is 14.9. The number of para-hydroxylation sites is 1. The SMILES string of the molecule is COc1ccc(NC(=O)OC(COc2ccccc2)Cn2ccnc2)cc1. The van der Waals surface area contributed by atoms with Crippen molar-refractivity contribution in [1.82, 2.24) is 9.55 Å². The number of nitrogens with one attached hydrogen (secondary N) is 1. The number of methoxy groups -OCH3 is 1. The van der Waals surface area contributed by atoms with E-state index in [1.807, 2.05) is 34.9 Å². The van der Waals surface area contributed by atoms with Gasteiger partial charge in [-0.15, -0.1) is 0 Å². The second kappa shape index (κ2) is 9.28. The molecule has 0 radical (unpaired) electrons. The second-order valence-electron chi connectivity index (χ2n) is 5.76. The number of aromatic nitrogens is 2. The second-order valence-corrected chi connectivity index (χ2v) is 5.76. The number of amides is 1. The zero-order chi connectivity index (χ0) is 18.9. The van der Waals surface area contributed by atoms with Gasteiger partial charge in [-0.2, -0.15) is 0 Å². The highest BCUT2D eigenvalue weighted by Gasteiger charge is 2.17. The maximum Gasteiger partial charge on any atom is 0.412 e. The molecule has 0 saturated heterocycles. The molecule has 140 valence electrons. The molecule has 0 aliphatic carbocycles. The van der Waals surface area contributed by atoms with E-state index in [9.17, 15) is 4.79 Å². The maximum atomic E-state index is 12.3. The van der Waals surface area contributed by atoms with Crippen LogP contribution in [0.5, 0.6) is 11.5 Å². The number of carbonyl (C=O) groups excluding carboxylic acids is 1. The van der Waals surface area contributed by atoms with Gasteiger partial charge < -0.3 is 18.8 Å². The Balaban J connectivity index is 1.59. The van der Waals surface area contributed by atoms with Gasteiger partial charge >= 0.3 is 6.09 Å². The number of benzene rings is 2. The molecule has 0 aliphatic heterocycles. The molecule has 1 N–H and O–H groups in total. The van der Waals surface area contributed by atoms with Crippen LogP contribution in [0.2, 0.25) is 0 Å². The molecule has 0 aliphatic rings. The van der Waals surface area contributed by atoms with Crippen molar-refractivity contribution in [3.05, 3.63) is 73.3 Å². The summed E-state index contributed by atoms with van der Waals surface area (Å²) in [7, 11) is 1.59. The summed E-state index contributed by atoms with van der Waals surface area (Å²) in [5.74, 6) is 1.43. The van der Waals surface area contributed by atoms with Crippen molar-refractivity contribution in [2.24, 2.45) is 0 Å². The van der Waals surface area contributed by atoms with E-state index in [2.05, 4.69) is 10.3 Å². The minimum atomic E-state index is -0.554. The first-order valence-electron chi connectivity index (χ1n) is 8.48. The summed E-state index contributed by atoms with van der Waals surface area (Å²) < 4.78 is 18.2. The lowest BCUT2D eigenvalue weighted by atomic mass is 10.3. The molecule has 1 atom stereocenters. The zero-order valence-corrected chi connectivity index (χ0v) is 14.9. The van der Waals surface area contributed by atoms with E-state index in [-0.39, 0.29) is 6.61 Å². The molecule has 7 nitrogen and oxygen atoms in total. The van der Waals surface area contributed by atoms with Crippen molar-refractivity contribution >= 4 is 11.8 Å². The van der Waals surface area contributed by atoms with E-state index in [0.717, 1.165) is 0 Å². The van der Waals surface area contributed by atoms with E-state index in [1.54, 1.807) is 50.1 Å². The fourth-order valence-electron chi connectivity index (χ4n) is 2.43. The summed E-state index contributed by atoms with van der Waals surface area (Å²) in [5, 5.41) is 2.70. The lowest BCUT2D eigenvalue weighted by molar-refractivity contribution is 0.0641. The Hall–Kier alpha value is -3.48. The largest absolute Gasteiger partial charge is 0.497 e. The topological polar surface area (TPSA) is 74.6 Å². The third-order valence-electron chi connectivity index (χ3n) is 3.76. The molecule has 2 aromatic carbocycles. The van der Waals surface area contributed by atoms with Crippen LogP contribution >= 0.6 is 0 Å². The molecule has 27 heavy (non-hydrogen) atoms. The number of ether oxygens (including phenoxy) is 3. The summed E-state index contributed by atoms with van der Waals surface area (Å²) in [5.41, 5.74) is 0.617. The smallest absolute Gasteiger partial charge is 0.412 e. The first-order chi connectivity index (χ1) is 13.2. The summed E-state index contributed by atoms with van der Waals surface area (Å²) in [6, 6.07) is 16.4. The summed E-state index contributed by atoms with van der Waals surface area (Å²) >= 11 is 0. The number of carbonyl (C=O) groups is 1. The van der Waals surface area contributed by atoms with Crippen molar-refractivity contribution in [2.75, 3.05) is 19.0 Å². The van der Waals surface area contributed by atoms with Gasteiger partial charge in [0.1, 0.15) is 18.1 Å². The number of hydrogen-bond acceptors (Lipinski definition) is 5. The van der Waals surface area contributed by atoms with Gasteiger partial charge in [-0.1, -0.05) is 18.2 Å². The molecule has 1 unspecified atom stereocenters. The van der Waals surface area contributed by atoms with Crippen LogP contribution in [0, 0.1) is 0 Å². The van der Waals surface area contributed by atoms with Crippen LogP contribution < -0.4 is 14.8 Å².